The number of carbonyl (C=O) groups is 1. The molecule has 1 amide bonds. The van der Waals surface area contributed by atoms with E-state index in [4.69, 9.17) is 21.9 Å². The van der Waals surface area contributed by atoms with Gasteiger partial charge in [-0.2, -0.15) is 0 Å². The van der Waals surface area contributed by atoms with Crippen molar-refractivity contribution in [3.63, 3.8) is 0 Å². The second-order valence-corrected chi connectivity index (χ2v) is 6.90. The molecule has 2 heterocycles. The molecule has 5 nitrogen and oxygen atoms in total. The molecule has 1 saturated carbocycles. The van der Waals surface area contributed by atoms with Gasteiger partial charge < -0.3 is 15.6 Å². The predicted octanol–water partition coefficient (Wildman–Crippen LogP) is 3.70. The first-order valence-corrected chi connectivity index (χ1v) is 8.16. The van der Waals surface area contributed by atoms with Gasteiger partial charge in [-0.3, -0.25) is 4.79 Å². The maximum Gasteiger partial charge on any atom is 0.259 e. The summed E-state index contributed by atoms with van der Waals surface area (Å²) in [7, 11) is 0. The number of anilines is 1. The summed E-state index contributed by atoms with van der Waals surface area (Å²) in [6.07, 6.45) is 5.56. The molecule has 0 atom stereocenters. The number of rotatable bonds is 3. The van der Waals surface area contributed by atoms with E-state index in [2.05, 4.69) is 10.5 Å². The van der Waals surface area contributed by atoms with E-state index < -0.39 is 0 Å². The van der Waals surface area contributed by atoms with Gasteiger partial charge in [-0.05, 0) is 25.0 Å². The molecule has 7 heteroatoms. The Balaban J connectivity index is 1.84. The van der Waals surface area contributed by atoms with Crippen LogP contribution in [0.25, 0.3) is 10.6 Å². The van der Waals surface area contributed by atoms with Crippen LogP contribution < -0.4 is 11.1 Å². The highest BCUT2D eigenvalue weighted by Crippen LogP contribution is 2.34. The van der Waals surface area contributed by atoms with Crippen molar-refractivity contribution in [2.45, 2.75) is 38.1 Å². The number of nitrogens with zero attached hydrogens (tertiary/aromatic N) is 1. The number of nitrogens with two attached hydrogens (primary N) is 1. The number of halogens is 1. The van der Waals surface area contributed by atoms with Crippen molar-refractivity contribution >= 4 is 34.7 Å². The molecule has 3 rings (SSSR count). The van der Waals surface area contributed by atoms with Crippen LogP contribution in [-0.4, -0.2) is 17.1 Å². The van der Waals surface area contributed by atoms with E-state index >= 15 is 0 Å². The van der Waals surface area contributed by atoms with Crippen molar-refractivity contribution in [3.8, 4) is 10.6 Å². The van der Waals surface area contributed by atoms with Crippen molar-refractivity contribution in [1.82, 2.24) is 10.5 Å². The molecule has 21 heavy (non-hydrogen) atoms. The second-order valence-electron chi connectivity index (χ2n) is 5.18. The summed E-state index contributed by atoms with van der Waals surface area (Å²) in [4.78, 5) is 13.2. The lowest BCUT2D eigenvalue weighted by Gasteiger charge is -2.22. The van der Waals surface area contributed by atoms with E-state index in [0.29, 0.717) is 15.6 Å². The minimum Gasteiger partial charge on any atom is -0.367 e. The van der Waals surface area contributed by atoms with Gasteiger partial charge in [0.2, 0.25) is 5.88 Å². The van der Waals surface area contributed by atoms with Crippen LogP contribution in [0.4, 0.5) is 5.88 Å². The second kappa shape index (κ2) is 6.07. The Bertz CT molecular complexity index is 646. The first-order chi connectivity index (χ1) is 10.1. The van der Waals surface area contributed by atoms with E-state index in [1.807, 2.05) is 6.07 Å². The van der Waals surface area contributed by atoms with Crippen LogP contribution in [0, 0.1) is 0 Å². The monoisotopic (exact) mass is 325 g/mol. The summed E-state index contributed by atoms with van der Waals surface area (Å²) in [5.74, 6) is -0.178. The first kappa shape index (κ1) is 14.4. The number of aromatic nitrogens is 1. The summed E-state index contributed by atoms with van der Waals surface area (Å²) in [6.45, 7) is 0. The molecule has 0 spiro atoms. The number of carbonyl (C=O) groups excluding carboxylic acids is 1. The van der Waals surface area contributed by atoms with E-state index in [-0.39, 0.29) is 17.8 Å². The Kier molecular flexibility index (Phi) is 4.17. The number of thiophene rings is 1. The lowest BCUT2D eigenvalue weighted by Crippen LogP contribution is -2.36. The third-order valence-corrected chi connectivity index (χ3v) is 4.93. The third kappa shape index (κ3) is 3.06. The SMILES string of the molecule is Nc1onc(-c2ccc(Cl)s2)c1C(=O)NC1CCCCC1. The lowest BCUT2D eigenvalue weighted by molar-refractivity contribution is 0.0929. The summed E-state index contributed by atoms with van der Waals surface area (Å²) in [5.41, 5.74) is 6.53. The van der Waals surface area contributed by atoms with Crippen LogP contribution in [0.15, 0.2) is 16.7 Å². The van der Waals surface area contributed by atoms with Crippen LogP contribution in [0.3, 0.4) is 0 Å². The van der Waals surface area contributed by atoms with E-state index in [0.717, 1.165) is 30.6 Å². The molecule has 0 bridgehead atoms. The number of nitrogen functional groups attached to an aromatic ring is 1. The molecule has 2 aromatic heterocycles. The average Bonchev–Trinajstić information content (AvgIpc) is 3.06. The van der Waals surface area contributed by atoms with Crippen molar-refractivity contribution in [2.24, 2.45) is 0 Å². The minimum absolute atomic E-state index is 0.0443. The smallest absolute Gasteiger partial charge is 0.259 e. The maximum atomic E-state index is 12.5. The first-order valence-electron chi connectivity index (χ1n) is 6.97. The Morgan fingerprint density at radius 1 is 1.38 bits per heavy atom. The molecule has 1 aliphatic rings. The molecule has 0 radical (unpaired) electrons. The fourth-order valence-corrected chi connectivity index (χ4v) is 3.67. The van der Waals surface area contributed by atoms with Crippen molar-refractivity contribution < 1.29 is 9.32 Å². The molecular weight excluding hydrogens is 310 g/mol. The fourth-order valence-electron chi connectivity index (χ4n) is 2.64. The highest BCUT2D eigenvalue weighted by molar-refractivity contribution is 7.19. The van der Waals surface area contributed by atoms with Crippen LogP contribution >= 0.6 is 22.9 Å². The molecule has 1 fully saturated rings. The number of hydrogen-bond donors (Lipinski definition) is 2. The van der Waals surface area contributed by atoms with Gasteiger partial charge in [-0.15, -0.1) is 11.3 Å². The molecule has 0 unspecified atom stereocenters. The quantitative estimate of drug-likeness (QED) is 0.901. The average molecular weight is 326 g/mol. The number of hydrogen-bond acceptors (Lipinski definition) is 5. The van der Waals surface area contributed by atoms with Crippen LogP contribution in [-0.2, 0) is 0 Å². The lowest BCUT2D eigenvalue weighted by atomic mass is 9.95. The van der Waals surface area contributed by atoms with Gasteiger partial charge >= 0.3 is 0 Å². The normalized spacial score (nSPS) is 16.0. The zero-order chi connectivity index (χ0) is 14.8. The summed E-state index contributed by atoms with van der Waals surface area (Å²) in [6, 6.07) is 3.78. The highest BCUT2D eigenvalue weighted by Gasteiger charge is 2.25. The van der Waals surface area contributed by atoms with Crippen molar-refractivity contribution in [2.75, 3.05) is 5.73 Å². The maximum absolute atomic E-state index is 12.5. The van der Waals surface area contributed by atoms with Gasteiger partial charge in [0.25, 0.3) is 5.91 Å². The van der Waals surface area contributed by atoms with Crippen molar-refractivity contribution in [3.05, 3.63) is 22.0 Å². The van der Waals surface area contributed by atoms with Gasteiger partial charge in [0.15, 0.2) is 0 Å². The largest absolute Gasteiger partial charge is 0.367 e. The number of amides is 1. The van der Waals surface area contributed by atoms with E-state index in [1.54, 1.807) is 6.07 Å². The Labute approximate surface area is 131 Å². The van der Waals surface area contributed by atoms with Gasteiger partial charge in [0, 0.05) is 6.04 Å². The Morgan fingerprint density at radius 2 is 2.14 bits per heavy atom. The fraction of sp³-hybridized carbons (Fsp3) is 0.429. The molecule has 0 saturated heterocycles. The molecular formula is C14H16ClN3O2S. The predicted molar refractivity (Wildman–Crippen MR) is 83.6 cm³/mol. The Hall–Kier alpha value is -1.53. The summed E-state index contributed by atoms with van der Waals surface area (Å²) in [5, 5.41) is 6.94. The summed E-state index contributed by atoms with van der Waals surface area (Å²) < 4.78 is 5.63. The molecule has 2 aromatic rings. The minimum atomic E-state index is -0.222. The van der Waals surface area contributed by atoms with Crippen molar-refractivity contribution in [1.29, 1.82) is 0 Å². The topological polar surface area (TPSA) is 81.2 Å². The standard InChI is InChI=1S/C14H16ClN3O2S/c15-10-7-6-9(21-10)12-11(13(16)20-18-12)14(19)17-8-4-2-1-3-5-8/h6-8H,1-5,16H2,(H,17,19). The molecule has 112 valence electrons. The third-order valence-electron chi connectivity index (χ3n) is 3.69. The van der Waals surface area contributed by atoms with Crippen LogP contribution in [0.1, 0.15) is 42.5 Å². The zero-order valence-electron chi connectivity index (χ0n) is 11.4. The van der Waals surface area contributed by atoms with E-state index in [9.17, 15) is 4.79 Å². The molecule has 0 aliphatic heterocycles. The summed E-state index contributed by atoms with van der Waals surface area (Å²) >= 11 is 7.27. The number of nitrogens with one attached hydrogen (secondary N) is 1. The van der Waals surface area contributed by atoms with Gasteiger partial charge in [0.1, 0.15) is 11.3 Å². The van der Waals surface area contributed by atoms with Crippen LogP contribution in [0.5, 0.6) is 0 Å². The van der Waals surface area contributed by atoms with Gasteiger partial charge in [-0.1, -0.05) is 36.0 Å². The van der Waals surface area contributed by atoms with Gasteiger partial charge in [0.05, 0.1) is 9.21 Å². The molecule has 1 aliphatic carbocycles. The molecule has 3 N–H and O–H groups in total. The van der Waals surface area contributed by atoms with E-state index in [1.165, 1.54) is 17.8 Å². The highest BCUT2D eigenvalue weighted by atomic mass is 35.5. The molecule has 0 aromatic carbocycles. The Morgan fingerprint density at radius 3 is 2.81 bits per heavy atom. The van der Waals surface area contributed by atoms with Gasteiger partial charge in [-0.25, -0.2) is 0 Å². The van der Waals surface area contributed by atoms with Crippen LogP contribution in [0.2, 0.25) is 4.34 Å². The zero-order valence-corrected chi connectivity index (χ0v) is 13.0.